The molecule has 2 atom stereocenters. The molecule has 6 N–H and O–H groups in total. The van der Waals surface area contributed by atoms with Crippen LogP contribution >= 0.6 is 0 Å². The van der Waals surface area contributed by atoms with E-state index in [0.717, 1.165) is 17.7 Å². The van der Waals surface area contributed by atoms with E-state index in [1.165, 1.54) is 6.07 Å². The molecule has 0 spiro atoms. The number of primary amides is 1. The van der Waals surface area contributed by atoms with E-state index in [4.69, 9.17) is 11.0 Å². The Labute approximate surface area is 225 Å². The first kappa shape index (κ1) is 30.4. The average Bonchev–Trinajstić information content (AvgIpc) is 2.90. The molecule has 5 amide bonds. The summed E-state index contributed by atoms with van der Waals surface area (Å²) in [6, 6.07) is 11.9. The van der Waals surface area contributed by atoms with Crippen LogP contribution in [0.4, 0.5) is 4.39 Å². The molecule has 206 valence electrons. The Kier molecular flexibility index (Phi) is 11.6. The van der Waals surface area contributed by atoms with Crippen molar-refractivity contribution in [3.8, 4) is 6.07 Å². The third kappa shape index (κ3) is 9.88. The molecular weight excluding hydrogens is 506 g/mol. The summed E-state index contributed by atoms with van der Waals surface area (Å²) in [5, 5.41) is 19.1. The maximum absolute atomic E-state index is 13.6. The smallest absolute Gasteiger partial charge is 0.251 e. The van der Waals surface area contributed by atoms with E-state index in [-0.39, 0.29) is 43.0 Å². The molecule has 0 aliphatic heterocycles. The van der Waals surface area contributed by atoms with Gasteiger partial charge in [0.15, 0.2) is 0 Å². The summed E-state index contributed by atoms with van der Waals surface area (Å²) in [7, 11) is 0. The number of rotatable bonds is 13. The van der Waals surface area contributed by atoms with Crippen molar-refractivity contribution < 1.29 is 28.4 Å². The van der Waals surface area contributed by atoms with Gasteiger partial charge >= 0.3 is 0 Å². The first-order valence-corrected chi connectivity index (χ1v) is 12.2. The molecule has 0 saturated heterocycles. The normalized spacial score (nSPS) is 12.0. The number of carbonyl (C=O) groups excluding carboxylic acids is 5. The molecule has 0 radical (unpaired) electrons. The van der Waals surface area contributed by atoms with Gasteiger partial charge in [0.1, 0.15) is 24.0 Å². The van der Waals surface area contributed by atoms with Gasteiger partial charge < -0.3 is 27.0 Å². The third-order valence-corrected chi connectivity index (χ3v) is 5.61. The molecule has 12 heteroatoms. The second kappa shape index (κ2) is 14.8. The van der Waals surface area contributed by atoms with Crippen LogP contribution in [0.1, 0.15) is 41.8 Å². The lowest BCUT2D eigenvalue weighted by atomic mass is 10.0. The molecule has 0 saturated carbocycles. The molecule has 0 bridgehead atoms. The van der Waals surface area contributed by atoms with Crippen molar-refractivity contribution in [2.24, 2.45) is 11.7 Å². The first-order chi connectivity index (χ1) is 18.5. The van der Waals surface area contributed by atoms with Crippen LogP contribution in [0.5, 0.6) is 0 Å². The number of nitrogens with zero attached hydrogens (tertiary/aromatic N) is 1. The molecule has 2 aromatic rings. The molecule has 2 aromatic carbocycles. The Morgan fingerprint density at radius 2 is 1.67 bits per heavy atom. The summed E-state index contributed by atoms with van der Waals surface area (Å²) in [6.45, 7) is 2.96. The van der Waals surface area contributed by atoms with Crippen LogP contribution in [0, 0.1) is 23.1 Å². The number of nitrogens with one attached hydrogen (secondary N) is 4. The van der Waals surface area contributed by atoms with Crippen LogP contribution in [0.25, 0.3) is 0 Å². The Balaban J connectivity index is 1.95. The van der Waals surface area contributed by atoms with E-state index >= 15 is 0 Å². The zero-order chi connectivity index (χ0) is 28.9. The fourth-order valence-corrected chi connectivity index (χ4v) is 3.54. The van der Waals surface area contributed by atoms with E-state index in [1.54, 1.807) is 44.2 Å². The molecule has 11 nitrogen and oxygen atoms in total. The number of hydrogen-bond acceptors (Lipinski definition) is 6. The van der Waals surface area contributed by atoms with Gasteiger partial charge in [-0.1, -0.05) is 44.2 Å². The highest BCUT2D eigenvalue weighted by atomic mass is 18.2. The van der Waals surface area contributed by atoms with Gasteiger partial charge in [-0.25, -0.2) is 4.39 Å². The molecular formula is C27H31FN6O5. The first-order valence-electron chi connectivity index (χ1n) is 12.2. The van der Waals surface area contributed by atoms with E-state index in [9.17, 15) is 28.4 Å². The van der Waals surface area contributed by atoms with Gasteiger partial charge in [0, 0.05) is 24.9 Å². The van der Waals surface area contributed by atoms with Crippen LogP contribution in [-0.4, -0.2) is 54.7 Å². The zero-order valence-corrected chi connectivity index (χ0v) is 21.6. The van der Waals surface area contributed by atoms with Gasteiger partial charge in [-0.15, -0.1) is 0 Å². The highest BCUT2D eigenvalue weighted by Crippen LogP contribution is 2.11. The molecule has 0 aliphatic rings. The second-order valence-corrected chi connectivity index (χ2v) is 9.04. The van der Waals surface area contributed by atoms with Crippen LogP contribution in [0.15, 0.2) is 48.5 Å². The lowest BCUT2D eigenvalue weighted by Crippen LogP contribution is -2.51. The minimum Gasteiger partial charge on any atom is -0.368 e. The van der Waals surface area contributed by atoms with Gasteiger partial charge in [-0.3, -0.25) is 24.0 Å². The largest absolute Gasteiger partial charge is 0.368 e. The zero-order valence-electron chi connectivity index (χ0n) is 21.6. The number of hydrogen-bond donors (Lipinski definition) is 5. The highest BCUT2D eigenvalue weighted by Gasteiger charge is 2.26. The van der Waals surface area contributed by atoms with Crippen LogP contribution in [0.2, 0.25) is 0 Å². The topological polar surface area (TPSA) is 183 Å². The number of nitrogens with two attached hydrogens (primary N) is 1. The van der Waals surface area contributed by atoms with Gasteiger partial charge in [0.05, 0.1) is 12.1 Å². The minimum atomic E-state index is -0.980. The fourth-order valence-electron chi connectivity index (χ4n) is 3.54. The Bertz CT molecular complexity index is 1240. The van der Waals surface area contributed by atoms with Gasteiger partial charge in [-0.05, 0) is 29.7 Å². The SMILES string of the molecule is CC(C)[C@H](NC(=O)c1ccc([18F])c(C#N)c1)C(=O)NCCC(=O)N[C@@H](Cc1ccccc1)C(=O)NCC(N)=O. The summed E-state index contributed by atoms with van der Waals surface area (Å²) >= 11 is 0. The average molecular weight is 538 g/mol. The standard InChI is InChI=1S/C27H31FN6O5/c1-16(2)24(34-25(37)18-8-9-20(28)19(13-18)14-29)27(39)31-11-10-23(36)33-21(26(38)32-15-22(30)35)12-17-6-4-3-5-7-17/h3-9,13,16,21,24H,10-12,15H2,1-2H3,(H2,30,35)(H,31,39)(H,32,38)(H,33,36)(H,34,37)/t21-,24-/m0/s1/i28-1. The maximum Gasteiger partial charge on any atom is 0.251 e. The second-order valence-electron chi connectivity index (χ2n) is 9.04. The Morgan fingerprint density at radius 1 is 0.974 bits per heavy atom. The van der Waals surface area contributed by atoms with E-state index < -0.39 is 47.4 Å². The molecule has 0 aromatic heterocycles. The quantitative estimate of drug-likeness (QED) is 0.245. The van der Waals surface area contributed by atoms with Crippen molar-refractivity contribution in [1.82, 2.24) is 21.3 Å². The molecule has 0 aliphatic carbocycles. The van der Waals surface area contributed by atoms with Crippen molar-refractivity contribution in [2.75, 3.05) is 13.1 Å². The molecule has 0 fully saturated rings. The Morgan fingerprint density at radius 3 is 2.28 bits per heavy atom. The van der Waals surface area contributed by atoms with Crippen molar-refractivity contribution in [3.63, 3.8) is 0 Å². The monoisotopic (exact) mass is 537 g/mol. The molecule has 2 rings (SSSR count). The van der Waals surface area contributed by atoms with Gasteiger partial charge in [0.2, 0.25) is 23.6 Å². The Hall–Kier alpha value is -4.79. The number of halogens is 1. The predicted molar refractivity (Wildman–Crippen MR) is 139 cm³/mol. The number of nitriles is 1. The summed E-state index contributed by atoms with van der Waals surface area (Å²) in [6.07, 6.45) is 0.00424. The van der Waals surface area contributed by atoms with E-state index in [0.29, 0.717) is 0 Å². The summed E-state index contributed by atoms with van der Waals surface area (Å²) < 4.78 is 13.6. The molecule has 39 heavy (non-hydrogen) atoms. The molecule has 0 heterocycles. The minimum absolute atomic E-state index is 0.0184. The third-order valence-electron chi connectivity index (χ3n) is 5.61. The summed E-state index contributed by atoms with van der Waals surface area (Å²) in [4.78, 5) is 61.5. The summed E-state index contributed by atoms with van der Waals surface area (Å²) in [5.74, 6) is -4.14. The maximum atomic E-state index is 13.6. The molecule has 0 unspecified atom stereocenters. The van der Waals surface area contributed by atoms with Crippen LogP contribution in [-0.2, 0) is 25.6 Å². The van der Waals surface area contributed by atoms with E-state index in [1.807, 2.05) is 6.07 Å². The number of benzene rings is 2. The number of amides is 5. The summed E-state index contributed by atoms with van der Waals surface area (Å²) in [5.41, 5.74) is 5.58. The van der Waals surface area contributed by atoms with Gasteiger partial charge in [-0.2, -0.15) is 5.26 Å². The van der Waals surface area contributed by atoms with Crippen molar-refractivity contribution in [1.29, 1.82) is 5.26 Å². The van der Waals surface area contributed by atoms with Crippen molar-refractivity contribution in [3.05, 3.63) is 71.0 Å². The fraction of sp³-hybridized carbons (Fsp3) is 0.333. The van der Waals surface area contributed by atoms with Crippen molar-refractivity contribution >= 4 is 29.5 Å². The van der Waals surface area contributed by atoms with Crippen LogP contribution < -0.4 is 27.0 Å². The predicted octanol–water partition coefficient (Wildman–Crippen LogP) is 0.287. The highest BCUT2D eigenvalue weighted by molar-refractivity contribution is 5.98. The van der Waals surface area contributed by atoms with Gasteiger partial charge in [0.25, 0.3) is 5.91 Å². The van der Waals surface area contributed by atoms with E-state index in [2.05, 4.69) is 21.3 Å². The van der Waals surface area contributed by atoms with Crippen molar-refractivity contribution in [2.45, 2.75) is 38.8 Å². The van der Waals surface area contributed by atoms with Crippen LogP contribution in [0.3, 0.4) is 0 Å². The lowest BCUT2D eigenvalue weighted by molar-refractivity contribution is -0.130. The number of carbonyl (C=O) groups is 5. The lowest BCUT2D eigenvalue weighted by Gasteiger charge is -2.22.